The number of rotatable bonds is 37. The molecule has 105 heavy (non-hydrogen) atoms. The van der Waals surface area contributed by atoms with E-state index in [4.69, 9.17) is 20.9 Å². The molecule has 0 spiro atoms. The van der Waals surface area contributed by atoms with Gasteiger partial charge in [0, 0.05) is 197 Å². The van der Waals surface area contributed by atoms with Crippen molar-refractivity contribution in [2.45, 2.75) is 70.2 Å². The van der Waals surface area contributed by atoms with Gasteiger partial charge in [-0.1, -0.05) is 121 Å². The summed E-state index contributed by atoms with van der Waals surface area (Å²) in [5, 5.41) is 58.6. The van der Waals surface area contributed by atoms with Crippen molar-refractivity contribution in [3.8, 4) is 0 Å². The number of benzene rings is 5. The maximum absolute atomic E-state index is 13.1. The zero-order valence-corrected chi connectivity index (χ0v) is 64.0. The van der Waals surface area contributed by atoms with Crippen molar-refractivity contribution >= 4 is 69.7 Å². The molecule has 2 atom stereocenters. The summed E-state index contributed by atoms with van der Waals surface area (Å²) >= 11 is 0. The Labute approximate surface area is 677 Å². The summed E-state index contributed by atoms with van der Waals surface area (Å²) in [4.78, 5) is 134. The zero-order chi connectivity index (χ0) is 74.5. The minimum atomic E-state index is -1.01. The quantitative estimate of drug-likeness (QED) is 0.0282. The van der Waals surface area contributed by atoms with E-state index in [-0.39, 0.29) is 188 Å². The maximum atomic E-state index is 13.1. The van der Waals surface area contributed by atoms with Gasteiger partial charge in [0.15, 0.2) is 11.6 Å². The second-order valence-electron chi connectivity index (χ2n) is 26.3. The number of hydrogen-bond donors (Lipinski definition) is 8. The molecule has 2 saturated heterocycles. The topological polar surface area (TPSA) is 389 Å². The molecule has 0 amide bonds. The van der Waals surface area contributed by atoms with Gasteiger partial charge in [0.2, 0.25) is 0 Å². The number of ether oxygens (including phenoxy) is 2. The number of nitrogens with two attached hydrogens (primary N) is 2. The smallest absolute Gasteiger partial charge is 0.317 e. The number of nitrogens with zero attached hydrogens (tertiary/aromatic N) is 8. The van der Waals surface area contributed by atoms with Gasteiger partial charge in [-0.25, -0.2) is 0 Å². The van der Waals surface area contributed by atoms with Crippen LogP contribution in [0.25, 0.3) is 10.8 Å². The van der Waals surface area contributed by atoms with Crippen LogP contribution in [0, 0.1) is 79.9 Å². The van der Waals surface area contributed by atoms with Gasteiger partial charge >= 0.3 is 35.8 Å². The van der Waals surface area contributed by atoms with Gasteiger partial charge < -0.3 is 51.6 Å². The summed E-state index contributed by atoms with van der Waals surface area (Å²) in [6, 6.07) is 38.0. The Kier molecular flexibility index (Phi) is 44.1. The van der Waals surface area contributed by atoms with Crippen LogP contribution in [0.3, 0.4) is 0 Å². The maximum Gasteiger partial charge on any atom is 0.317 e. The van der Waals surface area contributed by atoms with Crippen molar-refractivity contribution in [3.63, 3.8) is 0 Å². The average molecular weight is 1750 g/mol. The Morgan fingerprint density at radius 3 is 0.933 bits per heavy atom. The Morgan fingerprint density at radius 2 is 0.600 bits per heavy atom. The van der Waals surface area contributed by atoms with Crippen molar-refractivity contribution in [1.82, 2.24) is 39.2 Å². The number of carbonyl (C=O) groups excluding carboxylic acids is 4. The van der Waals surface area contributed by atoms with E-state index in [2.05, 4.69) is 6.07 Å². The first-order chi connectivity index (χ1) is 49.4. The molecule has 10 N–H and O–H groups in total. The number of fused-ring (bicyclic) bond motifs is 1. The van der Waals surface area contributed by atoms with Crippen LogP contribution < -0.4 is 11.5 Å². The third-order valence-electron chi connectivity index (χ3n) is 18.0. The molecule has 7 rings (SSSR count). The predicted octanol–water partition coefficient (Wildman–Crippen LogP) is 2.18. The van der Waals surface area contributed by atoms with Gasteiger partial charge in [-0.15, -0.1) is 0 Å². The van der Waals surface area contributed by atoms with Crippen LogP contribution in [0.1, 0.15) is 52.6 Å². The van der Waals surface area contributed by atoms with Gasteiger partial charge in [-0.3, -0.25) is 87.1 Å². The Hall–Kier alpha value is -5.97. The summed E-state index contributed by atoms with van der Waals surface area (Å²) in [7, 11) is 0. The number of carboxylic acids is 6. The SMILES string of the molecule is N[C@H](CCc1ccccc1)C(=O)COCc1ccc(CCC(=O)CN2CCN(CC(=O)O)CCN(CC(=O)O)CCN(CC(=O)O)CC2)cc1.N[C@H](Cc1ccc2ccccc2c1)C(=O)COCc1ccc(CCC(=O)CN2CCN(CC(=O)O)CCN(CC(=O)O)CCN(CC(=O)O)CC2)cc1.[Gd].[Gd]. The molecule has 576 valence electrons. The Morgan fingerprint density at radius 1 is 0.324 bits per heavy atom. The largest absolute Gasteiger partial charge is 0.480 e. The van der Waals surface area contributed by atoms with E-state index in [1.165, 1.54) is 0 Å². The average Bonchev–Trinajstić information content (AvgIpc) is 0.846. The molecule has 2 heterocycles. The molecule has 0 unspecified atom stereocenters. The van der Waals surface area contributed by atoms with Crippen LogP contribution in [0.2, 0.25) is 0 Å². The fourth-order valence-corrected chi connectivity index (χ4v) is 12.0. The molecule has 0 saturated carbocycles. The first-order valence-corrected chi connectivity index (χ1v) is 34.9. The van der Waals surface area contributed by atoms with Gasteiger partial charge in [0.25, 0.3) is 0 Å². The third kappa shape index (κ3) is 38.6. The van der Waals surface area contributed by atoms with Crippen molar-refractivity contribution < 1.29 is 168 Å². The zero-order valence-electron chi connectivity index (χ0n) is 59.5. The second kappa shape index (κ2) is 50.6. The summed E-state index contributed by atoms with van der Waals surface area (Å²) < 4.78 is 11.3. The summed E-state index contributed by atoms with van der Waals surface area (Å²) in [6.07, 6.45) is 3.34. The number of Topliss-reactive ketones (excluding diaryl/α,β-unsaturated/α-hetero) is 4. The number of carbonyl (C=O) groups is 10. The van der Waals surface area contributed by atoms with Crippen LogP contribution in [-0.2, 0) is 96.3 Å². The van der Waals surface area contributed by atoms with Gasteiger partial charge in [0.05, 0.1) is 77.7 Å². The monoisotopic (exact) mass is 1750 g/mol. The molecule has 0 radical (unpaired) electrons. The van der Waals surface area contributed by atoms with E-state index in [1.54, 1.807) is 29.4 Å². The molecule has 5 aromatic carbocycles. The van der Waals surface area contributed by atoms with Crippen molar-refractivity contribution in [3.05, 3.63) is 155 Å². The first kappa shape index (κ1) is 91.4. The van der Waals surface area contributed by atoms with Crippen LogP contribution in [0.15, 0.2) is 121 Å². The Balaban J connectivity index is 0.000000437. The van der Waals surface area contributed by atoms with E-state index < -0.39 is 47.9 Å². The van der Waals surface area contributed by atoms with Gasteiger partial charge in [-0.2, -0.15) is 0 Å². The normalized spacial score (nSPS) is 16.2. The van der Waals surface area contributed by atoms with Crippen molar-refractivity contribution in [2.24, 2.45) is 11.5 Å². The fourth-order valence-electron chi connectivity index (χ4n) is 12.0. The second-order valence-corrected chi connectivity index (χ2v) is 26.3. The molecule has 28 nitrogen and oxygen atoms in total. The number of ketones is 4. The van der Waals surface area contributed by atoms with Gasteiger partial charge in [-0.05, 0) is 76.3 Å². The Bertz CT molecular complexity index is 3460. The van der Waals surface area contributed by atoms with Gasteiger partial charge in [0.1, 0.15) is 24.8 Å². The molecule has 2 aliphatic heterocycles. The number of aliphatic carboxylic acids is 6. The van der Waals surface area contributed by atoms with Crippen LogP contribution in [0.4, 0.5) is 0 Å². The first-order valence-electron chi connectivity index (χ1n) is 34.9. The summed E-state index contributed by atoms with van der Waals surface area (Å²) in [5.41, 5.74) is 18.1. The summed E-state index contributed by atoms with van der Waals surface area (Å²) in [6.45, 7) is 4.81. The van der Waals surface area contributed by atoms with E-state index >= 15 is 0 Å². The molecular formula is C75H102Gd2N10O18. The summed E-state index contributed by atoms with van der Waals surface area (Å²) in [5.74, 6) is -6.32. The predicted molar refractivity (Wildman–Crippen MR) is 385 cm³/mol. The molecule has 5 aromatic rings. The van der Waals surface area contributed by atoms with Crippen molar-refractivity contribution in [1.29, 1.82) is 0 Å². The molecule has 0 bridgehead atoms. The third-order valence-corrected chi connectivity index (χ3v) is 18.0. The number of hydrogen-bond acceptors (Lipinski definition) is 22. The molecule has 30 heteroatoms. The van der Waals surface area contributed by atoms with Crippen LogP contribution >= 0.6 is 0 Å². The molecule has 2 aliphatic rings. The van der Waals surface area contributed by atoms with E-state index in [1.807, 2.05) is 125 Å². The van der Waals surface area contributed by atoms with E-state index in [9.17, 15) is 78.6 Å². The number of carboxylic acid groups (broad SMARTS) is 6. The minimum Gasteiger partial charge on any atom is -0.480 e. The number of aryl methyl sites for hydroxylation is 3. The van der Waals surface area contributed by atoms with Crippen LogP contribution in [-0.4, -0.2) is 311 Å². The molecule has 2 fully saturated rings. The molecule has 0 aromatic heterocycles. The fraction of sp³-hybridized carbons (Fsp3) is 0.493. The standard InChI is InChI=1S/C39H51N5O9.C36H51N5O9.2Gd/c40-35(22-31-9-11-32-3-1-2-4-33(32)21-31)36(46)28-53-27-30-7-5-29(6-8-30)10-12-34(45)23-41-13-15-42(24-37(47)48)17-19-44(26-39(51)52)20-18-43(16-14-41)25-38(49)50;37-32(13-11-28-4-2-1-3-5-28)33(43)27-50-26-30-8-6-29(7-9-30)10-12-31(42)22-38-14-16-39(23-34(44)45)18-20-41(25-36(48)49)21-19-40(17-15-38)24-35(46)47;;/h1-9,11,21,35H,10,12-20,22-28,40H2,(H,47,48)(H,49,50)(H,51,52);1-9,32H,10-27,37H2,(H,44,45)(H,46,47)(H,48,49);;/t35-;32-;;/m11../s1. The van der Waals surface area contributed by atoms with Crippen LogP contribution in [0.5, 0.6) is 0 Å². The van der Waals surface area contributed by atoms with E-state index in [0.29, 0.717) is 137 Å². The minimum absolute atomic E-state index is 0. The molecular weight excluding hydrogens is 1640 g/mol. The van der Waals surface area contributed by atoms with Crippen molar-refractivity contribution in [2.75, 3.05) is 170 Å². The van der Waals surface area contributed by atoms with E-state index in [0.717, 1.165) is 50.6 Å². The molecule has 0 aliphatic carbocycles.